The summed E-state index contributed by atoms with van der Waals surface area (Å²) in [6.07, 6.45) is 3.56. The van der Waals surface area contributed by atoms with Gasteiger partial charge < -0.3 is 40.8 Å². The number of carbonyl (C=O) groups excluding carboxylic acids is 6. The molecule has 0 heterocycles. The molecule has 0 aliphatic heterocycles. The van der Waals surface area contributed by atoms with Gasteiger partial charge in [0.25, 0.3) is 0 Å². The first-order valence-corrected chi connectivity index (χ1v) is 15.1. The van der Waals surface area contributed by atoms with Crippen LogP contribution in [0.1, 0.15) is 57.9 Å². The number of carbonyl (C=O) groups is 6. The fourth-order valence-corrected chi connectivity index (χ4v) is 3.82. The summed E-state index contributed by atoms with van der Waals surface area (Å²) in [7, 11) is 0. The minimum atomic E-state index is -1.05. The normalized spacial score (nSPS) is 13.5. The van der Waals surface area contributed by atoms with Gasteiger partial charge in [0.15, 0.2) is 6.10 Å². The van der Waals surface area contributed by atoms with Crippen molar-refractivity contribution in [2.45, 2.75) is 70.9 Å². The van der Waals surface area contributed by atoms with E-state index in [0.29, 0.717) is 13.0 Å². The summed E-state index contributed by atoms with van der Waals surface area (Å²) in [5.74, 6) is -2.80. The van der Waals surface area contributed by atoms with Crippen LogP contribution in [0.15, 0.2) is 30.3 Å². The maximum absolute atomic E-state index is 13.0. The van der Waals surface area contributed by atoms with Crippen molar-refractivity contribution < 1.29 is 43.0 Å². The van der Waals surface area contributed by atoms with Crippen molar-refractivity contribution in [1.82, 2.24) is 26.6 Å². The summed E-state index contributed by atoms with van der Waals surface area (Å²) in [6.45, 7) is 3.06. The van der Waals surface area contributed by atoms with Crippen LogP contribution < -0.4 is 26.6 Å². The minimum Gasteiger partial charge on any atom is -0.464 e. The Morgan fingerprint density at radius 3 is 2.05 bits per heavy atom. The van der Waals surface area contributed by atoms with E-state index < -0.39 is 60.9 Å². The van der Waals surface area contributed by atoms with Crippen LogP contribution >= 0.6 is 0 Å². The van der Waals surface area contributed by atoms with Crippen LogP contribution in [0.5, 0.6) is 0 Å². The first-order valence-electron chi connectivity index (χ1n) is 15.1. The van der Waals surface area contributed by atoms with Crippen LogP contribution in [0, 0.1) is 5.92 Å². The first-order chi connectivity index (χ1) is 21.2. The maximum Gasteiger partial charge on any atom is 0.407 e. The second-order valence-corrected chi connectivity index (χ2v) is 10.3. The van der Waals surface area contributed by atoms with Gasteiger partial charge in [-0.05, 0) is 37.2 Å². The molecule has 14 nitrogen and oxygen atoms in total. The van der Waals surface area contributed by atoms with Gasteiger partial charge in [-0.25, -0.2) is 9.59 Å². The molecule has 14 heteroatoms. The number of unbranched alkanes of at least 4 members (excludes halogenated alkanes) is 2. The molecule has 44 heavy (non-hydrogen) atoms. The van der Waals surface area contributed by atoms with Gasteiger partial charge in [-0.1, -0.05) is 57.0 Å². The molecule has 5 N–H and O–H groups in total. The number of hydrogen-bond acceptors (Lipinski definition) is 9. The van der Waals surface area contributed by atoms with Crippen LogP contribution in [0.4, 0.5) is 4.79 Å². The lowest BCUT2D eigenvalue weighted by molar-refractivity contribution is -0.160. The Balaban J connectivity index is 1.79. The molecule has 1 fully saturated rings. The predicted octanol–water partition coefficient (Wildman–Crippen LogP) is 0.685. The van der Waals surface area contributed by atoms with E-state index in [-0.39, 0.29) is 32.2 Å². The largest absolute Gasteiger partial charge is 0.464 e. The molecular weight excluding hydrogens is 574 g/mol. The van der Waals surface area contributed by atoms with E-state index in [0.717, 1.165) is 37.7 Å². The molecule has 5 amide bonds. The lowest BCUT2D eigenvalue weighted by atomic mass is 10.1. The van der Waals surface area contributed by atoms with Gasteiger partial charge in [0.1, 0.15) is 19.3 Å². The van der Waals surface area contributed by atoms with Gasteiger partial charge in [0.2, 0.25) is 23.6 Å². The topological polar surface area (TPSA) is 190 Å². The molecule has 1 saturated carbocycles. The number of ether oxygens (including phenoxy) is 3. The fourth-order valence-electron chi connectivity index (χ4n) is 3.82. The highest BCUT2D eigenvalue weighted by Gasteiger charge is 2.38. The SMILES string of the molecule is CCCCOC(=O)NCC(=O)NCC(=O)N[C@@H](Cc1ccccc1)C(=O)NCC(=O)NCOC(C(=O)OCCCC)C1CC1. The number of amides is 5. The zero-order valence-corrected chi connectivity index (χ0v) is 25.5. The lowest BCUT2D eigenvalue weighted by Crippen LogP contribution is -2.52. The van der Waals surface area contributed by atoms with Gasteiger partial charge in [-0.15, -0.1) is 0 Å². The molecule has 1 aliphatic carbocycles. The molecule has 1 unspecified atom stereocenters. The van der Waals surface area contributed by atoms with Crippen molar-refractivity contribution in [3.05, 3.63) is 35.9 Å². The van der Waals surface area contributed by atoms with Gasteiger partial charge in [0, 0.05) is 6.42 Å². The smallest absolute Gasteiger partial charge is 0.407 e. The second kappa shape index (κ2) is 20.7. The zero-order chi connectivity index (χ0) is 32.2. The highest BCUT2D eigenvalue weighted by Crippen LogP contribution is 2.34. The number of alkyl carbamates (subject to hydrolysis) is 1. The van der Waals surface area contributed by atoms with Crippen LogP contribution in [0.2, 0.25) is 0 Å². The van der Waals surface area contributed by atoms with Crippen molar-refractivity contribution >= 4 is 35.7 Å². The number of nitrogens with one attached hydrogen (secondary N) is 5. The van der Waals surface area contributed by atoms with Crippen molar-refractivity contribution in [3.63, 3.8) is 0 Å². The first kappa shape index (κ1) is 36.0. The summed E-state index contributed by atoms with van der Waals surface area (Å²) in [5, 5.41) is 12.2. The van der Waals surface area contributed by atoms with Gasteiger partial charge in [-0.3, -0.25) is 19.2 Å². The average Bonchev–Trinajstić information content (AvgIpc) is 3.85. The molecule has 0 saturated heterocycles. The van der Waals surface area contributed by atoms with E-state index in [1.54, 1.807) is 24.3 Å². The third-order valence-corrected chi connectivity index (χ3v) is 6.48. The van der Waals surface area contributed by atoms with E-state index >= 15 is 0 Å². The molecule has 0 aromatic heterocycles. The Morgan fingerprint density at radius 2 is 1.39 bits per heavy atom. The Kier molecular flexibility index (Phi) is 16.9. The van der Waals surface area contributed by atoms with Crippen molar-refractivity contribution in [2.75, 3.05) is 39.6 Å². The molecule has 2 atom stereocenters. The molecule has 0 spiro atoms. The van der Waals surface area contributed by atoms with Gasteiger partial charge >= 0.3 is 12.1 Å². The van der Waals surface area contributed by atoms with Crippen LogP contribution in [-0.4, -0.2) is 87.4 Å². The minimum absolute atomic E-state index is 0.0659. The maximum atomic E-state index is 13.0. The molecule has 1 aromatic carbocycles. The quantitative estimate of drug-likeness (QED) is 0.0749. The number of rotatable bonds is 21. The Hall–Kier alpha value is -4.20. The predicted molar refractivity (Wildman–Crippen MR) is 159 cm³/mol. The second-order valence-electron chi connectivity index (χ2n) is 10.3. The summed E-state index contributed by atoms with van der Waals surface area (Å²) in [6, 6.07) is 7.91. The van der Waals surface area contributed by atoms with Gasteiger partial charge in [-0.2, -0.15) is 0 Å². The Bertz CT molecular complexity index is 1080. The highest BCUT2D eigenvalue weighted by molar-refractivity contribution is 5.92. The standard InChI is InChI=1S/C30H45N5O9/c1-3-5-14-42-29(40)27(22-12-13-22)44-20-34-25(37)17-32-28(39)23(16-21-10-8-7-9-11-21)35-26(38)19-31-24(36)18-33-30(41)43-15-6-4-2/h7-11,22-23,27H,3-6,12-20H2,1-2H3,(H,31,36)(H,32,39)(H,33,41)(H,34,37)(H,35,38)/t23-,27?/m0/s1. The van der Waals surface area contributed by atoms with Crippen molar-refractivity contribution in [3.8, 4) is 0 Å². The molecular formula is C30H45N5O9. The van der Waals surface area contributed by atoms with Crippen LogP contribution in [-0.2, 0) is 44.6 Å². The van der Waals surface area contributed by atoms with E-state index in [2.05, 4.69) is 26.6 Å². The number of hydrogen-bond donors (Lipinski definition) is 5. The van der Waals surface area contributed by atoms with E-state index in [9.17, 15) is 28.8 Å². The van der Waals surface area contributed by atoms with Crippen molar-refractivity contribution in [1.29, 1.82) is 0 Å². The average molecular weight is 620 g/mol. The molecule has 244 valence electrons. The monoisotopic (exact) mass is 619 g/mol. The molecule has 1 aliphatic rings. The van der Waals surface area contributed by atoms with E-state index in [1.807, 2.05) is 19.9 Å². The van der Waals surface area contributed by atoms with Crippen LogP contribution in [0.25, 0.3) is 0 Å². The number of benzene rings is 1. The summed E-state index contributed by atoms with van der Waals surface area (Å²) >= 11 is 0. The summed E-state index contributed by atoms with van der Waals surface area (Å²) in [4.78, 5) is 73.7. The van der Waals surface area contributed by atoms with Gasteiger partial charge in [0.05, 0.1) is 26.3 Å². The summed E-state index contributed by atoms with van der Waals surface area (Å²) in [5.41, 5.74) is 0.762. The highest BCUT2D eigenvalue weighted by atomic mass is 16.6. The number of esters is 1. The molecule has 2 rings (SSSR count). The summed E-state index contributed by atoms with van der Waals surface area (Å²) < 4.78 is 15.7. The van der Waals surface area contributed by atoms with E-state index in [1.165, 1.54) is 0 Å². The zero-order valence-electron chi connectivity index (χ0n) is 25.5. The third-order valence-electron chi connectivity index (χ3n) is 6.48. The Labute approximate surface area is 257 Å². The van der Waals surface area contributed by atoms with E-state index in [4.69, 9.17) is 14.2 Å². The van der Waals surface area contributed by atoms with Crippen molar-refractivity contribution in [2.24, 2.45) is 5.92 Å². The lowest BCUT2D eigenvalue weighted by Gasteiger charge is -2.19. The molecule has 0 radical (unpaired) electrons. The fraction of sp³-hybridized carbons (Fsp3) is 0.600. The Morgan fingerprint density at radius 1 is 0.773 bits per heavy atom. The molecule has 0 bridgehead atoms. The molecule has 1 aromatic rings. The third kappa shape index (κ3) is 15.3. The van der Waals surface area contributed by atoms with Crippen LogP contribution in [0.3, 0.4) is 0 Å².